The van der Waals surface area contributed by atoms with E-state index in [-0.39, 0.29) is 5.78 Å². The topological polar surface area (TPSA) is 17.1 Å². The fourth-order valence-electron chi connectivity index (χ4n) is 1.05. The summed E-state index contributed by atoms with van der Waals surface area (Å²) in [6, 6.07) is 7.11. The number of halogens is 1. The van der Waals surface area contributed by atoms with Crippen molar-refractivity contribution in [1.82, 2.24) is 0 Å². The molecule has 0 aliphatic carbocycles. The Hall–Kier alpha value is -0.120. The Bertz CT molecular complexity index is 328. The van der Waals surface area contributed by atoms with Gasteiger partial charge in [-0.1, -0.05) is 23.7 Å². The van der Waals surface area contributed by atoms with Gasteiger partial charge in [0.1, 0.15) is 0 Å². The van der Waals surface area contributed by atoms with Crippen molar-refractivity contribution >= 4 is 40.9 Å². The van der Waals surface area contributed by atoms with Crippen LogP contribution in [0.4, 0.5) is 0 Å². The number of thioether (sulfide) groups is 2. The summed E-state index contributed by atoms with van der Waals surface area (Å²) >= 11 is 9.28. The van der Waals surface area contributed by atoms with Crippen LogP contribution in [0.15, 0.2) is 24.3 Å². The number of ketones is 1. The minimum atomic E-state index is 0.156. The summed E-state index contributed by atoms with van der Waals surface area (Å²) in [7, 11) is 0. The molecule has 0 amide bonds. The molecule has 0 radical (unpaired) electrons. The van der Waals surface area contributed by atoms with Gasteiger partial charge in [-0.05, 0) is 18.4 Å². The highest BCUT2D eigenvalue weighted by molar-refractivity contribution is 8.02. The molecule has 0 atom stereocenters. The highest BCUT2D eigenvalue weighted by atomic mass is 35.5. The Morgan fingerprint density at radius 1 is 1.40 bits per heavy atom. The predicted molar refractivity (Wildman–Crippen MR) is 71.5 cm³/mol. The van der Waals surface area contributed by atoms with E-state index in [1.165, 1.54) is 0 Å². The molecule has 1 nitrogen and oxygen atoms in total. The van der Waals surface area contributed by atoms with Gasteiger partial charge in [0.2, 0.25) is 0 Å². The van der Waals surface area contributed by atoms with Gasteiger partial charge in [0.05, 0.1) is 5.75 Å². The van der Waals surface area contributed by atoms with Crippen molar-refractivity contribution in [1.29, 1.82) is 0 Å². The van der Waals surface area contributed by atoms with Crippen LogP contribution in [0.2, 0.25) is 5.02 Å². The third-order valence-electron chi connectivity index (χ3n) is 1.81. The third-order valence-corrected chi connectivity index (χ3v) is 3.88. The van der Waals surface area contributed by atoms with Crippen LogP contribution in [-0.4, -0.2) is 29.3 Å². The summed E-state index contributed by atoms with van der Waals surface area (Å²) in [4.78, 5) is 11.7. The van der Waals surface area contributed by atoms with E-state index in [0.29, 0.717) is 16.3 Å². The standard InChI is InChI=1S/C11H13ClOS2/c1-14-5-6-15-8-11(13)9-3-2-4-10(12)7-9/h2-4,7H,5-6,8H2,1H3. The summed E-state index contributed by atoms with van der Waals surface area (Å²) in [6.07, 6.45) is 2.07. The van der Waals surface area contributed by atoms with Gasteiger partial charge >= 0.3 is 0 Å². The van der Waals surface area contributed by atoms with Crippen molar-refractivity contribution in [2.45, 2.75) is 0 Å². The van der Waals surface area contributed by atoms with Gasteiger partial charge in [-0.25, -0.2) is 0 Å². The molecule has 0 saturated heterocycles. The van der Waals surface area contributed by atoms with E-state index >= 15 is 0 Å². The van der Waals surface area contributed by atoms with Crippen molar-refractivity contribution in [3.8, 4) is 0 Å². The van der Waals surface area contributed by atoms with Crippen LogP contribution < -0.4 is 0 Å². The maximum absolute atomic E-state index is 11.7. The summed E-state index contributed by atoms with van der Waals surface area (Å²) in [5, 5.41) is 0.620. The maximum Gasteiger partial charge on any atom is 0.172 e. The number of carbonyl (C=O) groups is 1. The van der Waals surface area contributed by atoms with Gasteiger partial charge in [0.25, 0.3) is 0 Å². The summed E-state index contributed by atoms with van der Waals surface area (Å²) in [6.45, 7) is 0. The van der Waals surface area contributed by atoms with E-state index in [1.807, 2.05) is 12.1 Å². The zero-order valence-electron chi connectivity index (χ0n) is 8.53. The van der Waals surface area contributed by atoms with Crippen LogP contribution in [0.5, 0.6) is 0 Å². The van der Waals surface area contributed by atoms with E-state index in [1.54, 1.807) is 35.7 Å². The second-order valence-corrected chi connectivity index (χ2v) is 5.51. The number of hydrogen-bond acceptors (Lipinski definition) is 3. The molecular weight excluding hydrogens is 248 g/mol. The fraction of sp³-hybridized carbons (Fsp3) is 0.364. The second kappa shape index (κ2) is 7.20. The molecule has 0 heterocycles. The van der Waals surface area contributed by atoms with E-state index in [9.17, 15) is 4.79 Å². The van der Waals surface area contributed by atoms with Gasteiger partial charge < -0.3 is 0 Å². The fourth-order valence-corrected chi connectivity index (χ4v) is 2.88. The van der Waals surface area contributed by atoms with Crippen LogP contribution in [0.25, 0.3) is 0 Å². The average Bonchev–Trinajstić information content (AvgIpc) is 2.24. The summed E-state index contributed by atoms with van der Waals surface area (Å²) in [5.41, 5.74) is 0.708. The predicted octanol–water partition coefficient (Wildman–Crippen LogP) is 3.62. The molecule has 0 aliphatic rings. The van der Waals surface area contributed by atoms with E-state index in [0.717, 1.165) is 11.5 Å². The Morgan fingerprint density at radius 3 is 2.87 bits per heavy atom. The summed E-state index contributed by atoms with van der Waals surface area (Å²) in [5.74, 6) is 2.81. The van der Waals surface area contributed by atoms with Gasteiger partial charge in [0.15, 0.2) is 5.78 Å². The Balaban J connectivity index is 2.40. The lowest BCUT2D eigenvalue weighted by atomic mass is 10.1. The first-order valence-electron chi connectivity index (χ1n) is 4.59. The highest BCUT2D eigenvalue weighted by Gasteiger charge is 2.05. The quantitative estimate of drug-likeness (QED) is 0.575. The number of rotatable bonds is 6. The lowest BCUT2D eigenvalue weighted by Crippen LogP contribution is -2.03. The lowest BCUT2D eigenvalue weighted by molar-refractivity contribution is 0.102. The number of carbonyl (C=O) groups excluding carboxylic acids is 1. The molecule has 0 aromatic heterocycles. The molecule has 0 bridgehead atoms. The molecule has 1 aromatic carbocycles. The number of Topliss-reactive ketones (excluding diaryl/α,β-unsaturated/α-hetero) is 1. The highest BCUT2D eigenvalue weighted by Crippen LogP contribution is 2.13. The molecule has 4 heteroatoms. The van der Waals surface area contributed by atoms with Crippen molar-refractivity contribution < 1.29 is 4.79 Å². The zero-order chi connectivity index (χ0) is 11.1. The molecule has 15 heavy (non-hydrogen) atoms. The monoisotopic (exact) mass is 260 g/mol. The molecule has 0 N–H and O–H groups in total. The summed E-state index contributed by atoms with van der Waals surface area (Å²) < 4.78 is 0. The van der Waals surface area contributed by atoms with Crippen LogP contribution >= 0.6 is 35.1 Å². The first-order chi connectivity index (χ1) is 7.24. The van der Waals surface area contributed by atoms with E-state index < -0.39 is 0 Å². The second-order valence-electron chi connectivity index (χ2n) is 2.98. The Morgan fingerprint density at radius 2 is 2.20 bits per heavy atom. The molecule has 0 unspecified atom stereocenters. The first-order valence-corrected chi connectivity index (χ1v) is 7.52. The van der Waals surface area contributed by atoms with Crippen molar-refractivity contribution in [2.24, 2.45) is 0 Å². The van der Waals surface area contributed by atoms with Crippen molar-refractivity contribution in [3.63, 3.8) is 0 Å². The minimum absolute atomic E-state index is 0.156. The molecule has 0 fully saturated rings. The van der Waals surface area contributed by atoms with Crippen LogP contribution in [0, 0.1) is 0 Å². The van der Waals surface area contributed by atoms with Crippen molar-refractivity contribution in [2.75, 3.05) is 23.5 Å². The van der Waals surface area contributed by atoms with E-state index in [4.69, 9.17) is 11.6 Å². The maximum atomic E-state index is 11.7. The third kappa shape index (κ3) is 4.96. The van der Waals surface area contributed by atoms with Crippen LogP contribution in [0.3, 0.4) is 0 Å². The van der Waals surface area contributed by atoms with E-state index in [2.05, 4.69) is 6.26 Å². The molecular formula is C11H13ClOS2. The molecule has 0 aliphatic heterocycles. The molecule has 0 saturated carbocycles. The SMILES string of the molecule is CSCCSCC(=O)c1cccc(Cl)c1. The normalized spacial score (nSPS) is 10.3. The van der Waals surface area contributed by atoms with Crippen LogP contribution in [-0.2, 0) is 0 Å². The average molecular weight is 261 g/mol. The van der Waals surface area contributed by atoms with Gasteiger partial charge in [-0.2, -0.15) is 23.5 Å². The van der Waals surface area contributed by atoms with Crippen molar-refractivity contribution in [3.05, 3.63) is 34.9 Å². The first kappa shape index (κ1) is 12.9. The zero-order valence-corrected chi connectivity index (χ0v) is 10.9. The molecule has 1 aromatic rings. The Labute approximate surface area is 104 Å². The van der Waals surface area contributed by atoms with Gasteiger partial charge in [0, 0.05) is 22.1 Å². The smallest absolute Gasteiger partial charge is 0.172 e. The number of benzene rings is 1. The van der Waals surface area contributed by atoms with Gasteiger partial charge in [-0.3, -0.25) is 4.79 Å². The molecule has 1 rings (SSSR count). The van der Waals surface area contributed by atoms with Crippen LogP contribution in [0.1, 0.15) is 10.4 Å². The molecule has 82 valence electrons. The largest absolute Gasteiger partial charge is 0.293 e. The molecule has 0 spiro atoms. The minimum Gasteiger partial charge on any atom is -0.293 e. The Kier molecular flexibility index (Phi) is 6.22. The number of hydrogen-bond donors (Lipinski definition) is 0. The lowest BCUT2D eigenvalue weighted by Gasteiger charge is -2.01. The van der Waals surface area contributed by atoms with Gasteiger partial charge in [-0.15, -0.1) is 0 Å².